The molecule has 2 heterocycles. The lowest BCUT2D eigenvalue weighted by atomic mass is 9.93. The lowest BCUT2D eigenvalue weighted by Crippen LogP contribution is -2.39. The van der Waals surface area contributed by atoms with Crippen LogP contribution in [0.5, 0.6) is 5.75 Å². The van der Waals surface area contributed by atoms with Gasteiger partial charge < -0.3 is 14.3 Å². The average Bonchev–Trinajstić information content (AvgIpc) is 3.03. The fourth-order valence-electron chi connectivity index (χ4n) is 3.07. The summed E-state index contributed by atoms with van der Waals surface area (Å²) in [6.07, 6.45) is 1.89. The second-order valence-corrected chi connectivity index (χ2v) is 6.08. The van der Waals surface area contributed by atoms with Crippen molar-refractivity contribution in [1.82, 2.24) is 15.1 Å². The molecule has 1 fully saturated rings. The molecular formula is C17H23N3O3. The van der Waals surface area contributed by atoms with Gasteiger partial charge >= 0.3 is 0 Å². The Kier molecular flexibility index (Phi) is 4.93. The van der Waals surface area contributed by atoms with E-state index >= 15 is 0 Å². The van der Waals surface area contributed by atoms with Crippen LogP contribution in [0.4, 0.5) is 0 Å². The van der Waals surface area contributed by atoms with E-state index < -0.39 is 0 Å². The number of ether oxygens (including phenoxy) is 1. The summed E-state index contributed by atoms with van der Waals surface area (Å²) in [5, 5.41) is 18.1. The summed E-state index contributed by atoms with van der Waals surface area (Å²) in [4.78, 5) is 2.26. The molecule has 0 radical (unpaired) electrons. The van der Waals surface area contributed by atoms with Crippen LogP contribution in [0.2, 0.25) is 0 Å². The number of benzene rings is 1. The first-order chi connectivity index (χ1) is 11.2. The number of piperidine rings is 1. The Labute approximate surface area is 136 Å². The third-order valence-corrected chi connectivity index (χ3v) is 4.39. The highest BCUT2D eigenvalue weighted by molar-refractivity contribution is 5.62. The van der Waals surface area contributed by atoms with Crippen molar-refractivity contribution in [2.24, 2.45) is 5.92 Å². The molecule has 0 amide bonds. The number of hydrogen-bond acceptors (Lipinski definition) is 6. The van der Waals surface area contributed by atoms with Crippen molar-refractivity contribution in [1.29, 1.82) is 0 Å². The van der Waals surface area contributed by atoms with Gasteiger partial charge in [0.15, 0.2) is 0 Å². The molecule has 0 aliphatic carbocycles. The summed E-state index contributed by atoms with van der Waals surface area (Å²) in [6.45, 7) is 4.34. The Morgan fingerprint density at radius 2 is 2.22 bits per heavy atom. The molecule has 2 unspecified atom stereocenters. The number of methoxy groups -OCH3 is 1. The molecule has 1 aromatic heterocycles. The zero-order chi connectivity index (χ0) is 16.2. The molecule has 6 nitrogen and oxygen atoms in total. The minimum absolute atomic E-state index is 0.273. The molecule has 1 aliphatic heterocycles. The molecule has 1 N–H and O–H groups in total. The fourth-order valence-corrected chi connectivity index (χ4v) is 3.07. The van der Waals surface area contributed by atoms with Crippen molar-refractivity contribution in [3.8, 4) is 17.2 Å². The molecule has 2 atom stereocenters. The largest absolute Gasteiger partial charge is 0.496 e. The lowest BCUT2D eigenvalue weighted by Gasteiger charge is -2.33. The smallest absolute Gasteiger partial charge is 0.251 e. The molecule has 3 rings (SSSR count). The van der Waals surface area contributed by atoms with Gasteiger partial charge in [-0.05, 0) is 44.4 Å². The van der Waals surface area contributed by atoms with Crippen molar-refractivity contribution < 1.29 is 14.3 Å². The van der Waals surface area contributed by atoms with Crippen LogP contribution in [-0.4, -0.2) is 46.5 Å². The molecule has 124 valence electrons. The van der Waals surface area contributed by atoms with Gasteiger partial charge in [-0.2, -0.15) is 0 Å². The van der Waals surface area contributed by atoms with Gasteiger partial charge in [0.2, 0.25) is 5.89 Å². The average molecular weight is 317 g/mol. The van der Waals surface area contributed by atoms with E-state index in [9.17, 15) is 5.11 Å². The van der Waals surface area contributed by atoms with E-state index in [0.29, 0.717) is 24.2 Å². The first-order valence-corrected chi connectivity index (χ1v) is 8.03. The molecule has 0 saturated carbocycles. The summed E-state index contributed by atoms with van der Waals surface area (Å²) in [5.74, 6) is 2.11. The van der Waals surface area contributed by atoms with Crippen LogP contribution in [-0.2, 0) is 6.54 Å². The number of likely N-dealkylation sites (tertiary alicyclic amines) is 1. The number of aliphatic hydroxyl groups is 1. The first kappa shape index (κ1) is 16.0. The van der Waals surface area contributed by atoms with Gasteiger partial charge in [-0.25, -0.2) is 0 Å². The Bertz CT molecular complexity index is 642. The van der Waals surface area contributed by atoms with Crippen LogP contribution < -0.4 is 4.74 Å². The van der Waals surface area contributed by atoms with Gasteiger partial charge in [0.25, 0.3) is 5.89 Å². The van der Waals surface area contributed by atoms with Crippen LogP contribution in [0.15, 0.2) is 28.7 Å². The van der Waals surface area contributed by atoms with Gasteiger partial charge in [-0.1, -0.05) is 12.1 Å². The van der Waals surface area contributed by atoms with E-state index in [1.807, 2.05) is 31.2 Å². The number of aromatic nitrogens is 2. The van der Waals surface area contributed by atoms with Crippen molar-refractivity contribution in [3.05, 3.63) is 30.2 Å². The summed E-state index contributed by atoms with van der Waals surface area (Å²) < 4.78 is 11.1. The second kappa shape index (κ2) is 7.10. The maximum Gasteiger partial charge on any atom is 0.251 e. The van der Waals surface area contributed by atoms with Crippen LogP contribution in [0.3, 0.4) is 0 Å². The molecule has 0 spiro atoms. The molecule has 6 heteroatoms. The Morgan fingerprint density at radius 1 is 1.39 bits per heavy atom. The summed E-state index contributed by atoms with van der Waals surface area (Å²) in [7, 11) is 1.63. The second-order valence-electron chi connectivity index (χ2n) is 6.08. The zero-order valence-electron chi connectivity index (χ0n) is 13.6. The maximum atomic E-state index is 9.78. The van der Waals surface area contributed by atoms with Crippen molar-refractivity contribution in [2.75, 3.05) is 20.2 Å². The highest BCUT2D eigenvalue weighted by atomic mass is 16.5. The van der Waals surface area contributed by atoms with E-state index in [4.69, 9.17) is 9.15 Å². The van der Waals surface area contributed by atoms with E-state index in [1.165, 1.54) is 0 Å². The summed E-state index contributed by atoms with van der Waals surface area (Å²) >= 11 is 0. The van der Waals surface area contributed by atoms with E-state index in [2.05, 4.69) is 15.1 Å². The van der Waals surface area contributed by atoms with Crippen molar-refractivity contribution >= 4 is 0 Å². The molecule has 1 aliphatic rings. The number of hydrogen-bond donors (Lipinski definition) is 1. The van der Waals surface area contributed by atoms with Crippen LogP contribution in [0, 0.1) is 5.92 Å². The number of nitrogens with zero attached hydrogens (tertiary/aromatic N) is 3. The van der Waals surface area contributed by atoms with Gasteiger partial charge in [-0.15, -0.1) is 10.2 Å². The third kappa shape index (κ3) is 3.71. The SMILES string of the molecule is COc1ccccc1-c1nnc(CN2CCCC(C(C)O)C2)o1. The predicted molar refractivity (Wildman–Crippen MR) is 86.0 cm³/mol. The van der Waals surface area contributed by atoms with E-state index in [0.717, 1.165) is 37.2 Å². The number of aliphatic hydroxyl groups excluding tert-OH is 1. The summed E-state index contributed by atoms with van der Waals surface area (Å²) in [5.41, 5.74) is 0.800. The molecule has 2 aromatic rings. The van der Waals surface area contributed by atoms with E-state index in [1.54, 1.807) is 7.11 Å². The van der Waals surface area contributed by atoms with Gasteiger partial charge in [0, 0.05) is 6.54 Å². The lowest BCUT2D eigenvalue weighted by molar-refractivity contribution is 0.0566. The van der Waals surface area contributed by atoms with Crippen LogP contribution in [0.1, 0.15) is 25.7 Å². The monoisotopic (exact) mass is 317 g/mol. The first-order valence-electron chi connectivity index (χ1n) is 8.03. The van der Waals surface area contributed by atoms with Gasteiger partial charge in [0.1, 0.15) is 5.75 Å². The molecule has 1 saturated heterocycles. The Morgan fingerprint density at radius 3 is 3.00 bits per heavy atom. The van der Waals surface area contributed by atoms with Crippen LogP contribution in [0.25, 0.3) is 11.5 Å². The van der Waals surface area contributed by atoms with Gasteiger partial charge in [-0.3, -0.25) is 4.90 Å². The maximum absolute atomic E-state index is 9.78. The fraction of sp³-hybridized carbons (Fsp3) is 0.529. The Hall–Kier alpha value is -1.92. The molecular weight excluding hydrogens is 294 g/mol. The Balaban J connectivity index is 1.70. The van der Waals surface area contributed by atoms with E-state index in [-0.39, 0.29) is 6.10 Å². The molecule has 23 heavy (non-hydrogen) atoms. The normalized spacial score (nSPS) is 20.4. The van der Waals surface area contributed by atoms with Crippen molar-refractivity contribution in [2.45, 2.75) is 32.4 Å². The minimum atomic E-state index is -0.273. The molecule has 0 bridgehead atoms. The van der Waals surface area contributed by atoms with Crippen LogP contribution >= 0.6 is 0 Å². The highest BCUT2D eigenvalue weighted by Crippen LogP contribution is 2.29. The third-order valence-electron chi connectivity index (χ3n) is 4.39. The van der Waals surface area contributed by atoms with Gasteiger partial charge in [0.05, 0.1) is 25.3 Å². The number of rotatable bonds is 5. The van der Waals surface area contributed by atoms with Crippen molar-refractivity contribution in [3.63, 3.8) is 0 Å². The standard InChI is InChI=1S/C17H23N3O3/c1-12(21)13-6-5-9-20(10-13)11-16-18-19-17(23-16)14-7-3-4-8-15(14)22-2/h3-4,7-8,12-13,21H,5-6,9-11H2,1-2H3. The summed E-state index contributed by atoms with van der Waals surface area (Å²) in [6, 6.07) is 7.60. The number of para-hydroxylation sites is 1. The zero-order valence-corrected chi connectivity index (χ0v) is 13.6. The quantitative estimate of drug-likeness (QED) is 0.912. The predicted octanol–water partition coefficient (Wildman–Crippen LogP) is 2.34. The topological polar surface area (TPSA) is 71.6 Å². The minimum Gasteiger partial charge on any atom is -0.496 e. The highest BCUT2D eigenvalue weighted by Gasteiger charge is 2.24. The molecule has 1 aromatic carbocycles.